The number of carbonyl (C=O) groups is 4. The van der Waals surface area contributed by atoms with Gasteiger partial charge in [0.15, 0.2) is 31.1 Å². The van der Waals surface area contributed by atoms with Gasteiger partial charge in [-0.2, -0.15) is 0 Å². The van der Waals surface area contributed by atoms with E-state index in [0.29, 0.717) is 0 Å². The number of hydrogen-bond donors (Lipinski definition) is 12. The lowest BCUT2D eigenvalue weighted by Gasteiger charge is -2.50. The number of hydrogen-bond acceptors (Lipinski definition) is 20. The van der Waals surface area contributed by atoms with Crippen molar-refractivity contribution in [3.63, 3.8) is 0 Å². The standard InChI is InChI=1S/C30H48N2O22/c1-7-12(31-8(2)35)20(14(37)10(5-33)48-7)50-30-19(42)17(40)23(25(54-30)27(45)46)52-28-13(32-9(3)36)21(15(38)11(6-34)49-28)51-29-18(41)16(39)22(47-4)24(53-29)26(43)44/h7,10-25,28-30,33-34,37-42H,5-6H2,1-4H3,(H,31,35)(H,32,36)(H,43,44)(H,45,46)/t7?,10?,11?,12-,13+,14-,15-,16-,17-,18+,19+,20-,21-,22+,23+,24?,25?,28?,29?,30?/m1/s1. The zero-order valence-corrected chi connectivity index (χ0v) is 29.3. The lowest BCUT2D eigenvalue weighted by molar-refractivity contribution is -0.366. The summed E-state index contributed by atoms with van der Waals surface area (Å²) in [5.74, 6) is -4.85. The fourth-order valence-corrected chi connectivity index (χ4v) is 6.79. The Bertz CT molecular complexity index is 1310. The molecule has 20 atom stereocenters. The SMILES string of the molecule is CO[C@@H]1C(C(=O)O)OC(O[C@H]2[C@H](O)C(CO)OC(O[C@@H]3C(C(=O)O)OC(O[C@H]4[C@H](O)C(CO)OC(C)[C@H]4NC(C)=O)[C@@H](O)[C@H]3O)[C@H]2NC(C)=O)[C@@H](O)[C@H]1O. The van der Waals surface area contributed by atoms with Crippen molar-refractivity contribution in [2.45, 2.75) is 143 Å². The van der Waals surface area contributed by atoms with Crippen LogP contribution in [0, 0.1) is 0 Å². The molecule has 4 aliphatic heterocycles. The summed E-state index contributed by atoms with van der Waals surface area (Å²) in [5.41, 5.74) is 0. The molecule has 4 saturated heterocycles. The Labute approximate surface area is 306 Å². The van der Waals surface area contributed by atoms with Gasteiger partial charge in [-0.05, 0) is 6.92 Å². The van der Waals surface area contributed by atoms with E-state index in [1.807, 2.05) is 0 Å². The molecule has 0 aromatic carbocycles. The highest BCUT2D eigenvalue weighted by Crippen LogP contribution is 2.35. The van der Waals surface area contributed by atoms with Gasteiger partial charge >= 0.3 is 11.9 Å². The van der Waals surface area contributed by atoms with Crippen molar-refractivity contribution in [2.24, 2.45) is 0 Å². The molecule has 0 bridgehead atoms. The second kappa shape index (κ2) is 18.5. The summed E-state index contributed by atoms with van der Waals surface area (Å²) in [6.45, 7) is 1.96. The molecular formula is C30H48N2O22. The fourth-order valence-electron chi connectivity index (χ4n) is 6.79. The molecule has 24 heteroatoms. The van der Waals surface area contributed by atoms with Gasteiger partial charge in [0.1, 0.15) is 79.3 Å². The maximum absolute atomic E-state index is 12.5. The normalized spacial score (nSPS) is 45.6. The van der Waals surface area contributed by atoms with E-state index in [-0.39, 0.29) is 0 Å². The number of nitrogens with one attached hydrogen (secondary N) is 2. The quantitative estimate of drug-likeness (QED) is 0.0824. The van der Waals surface area contributed by atoms with Crippen LogP contribution in [0.5, 0.6) is 0 Å². The van der Waals surface area contributed by atoms with Gasteiger partial charge in [-0.15, -0.1) is 0 Å². The van der Waals surface area contributed by atoms with Gasteiger partial charge in [-0.3, -0.25) is 9.59 Å². The number of ether oxygens (including phenoxy) is 8. The molecule has 12 N–H and O–H groups in total. The van der Waals surface area contributed by atoms with E-state index in [4.69, 9.17) is 37.9 Å². The Morgan fingerprint density at radius 1 is 0.556 bits per heavy atom. The lowest BCUT2D eigenvalue weighted by Crippen LogP contribution is -2.70. The summed E-state index contributed by atoms with van der Waals surface area (Å²) in [6.07, 6.45) is -32.9. The third kappa shape index (κ3) is 9.26. The molecule has 310 valence electrons. The van der Waals surface area contributed by atoms with E-state index in [1.165, 1.54) is 6.92 Å². The van der Waals surface area contributed by atoms with Gasteiger partial charge in [0, 0.05) is 21.0 Å². The van der Waals surface area contributed by atoms with Gasteiger partial charge in [0.25, 0.3) is 0 Å². The van der Waals surface area contributed by atoms with Gasteiger partial charge < -0.3 is 99.6 Å². The first-order valence-corrected chi connectivity index (χ1v) is 16.8. The minimum atomic E-state index is -2.23. The molecular weight excluding hydrogens is 740 g/mol. The molecule has 0 aromatic rings. The van der Waals surface area contributed by atoms with Crippen molar-refractivity contribution >= 4 is 23.8 Å². The smallest absolute Gasteiger partial charge is 0.335 e. The highest BCUT2D eigenvalue weighted by molar-refractivity contribution is 5.74. The molecule has 0 spiro atoms. The molecule has 0 saturated carbocycles. The molecule has 4 heterocycles. The van der Waals surface area contributed by atoms with Gasteiger partial charge in [-0.1, -0.05) is 0 Å². The largest absolute Gasteiger partial charge is 0.479 e. The van der Waals surface area contributed by atoms with Crippen molar-refractivity contribution in [3.8, 4) is 0 Å². The Balaban J connectivity index is 1.62. The summed E-state index contributed by atoms with van der Waals surface area (Å²) in [5, 5.41) is 110. The third-order valence-corrected chi connectivity index (χ3v) is 9.46. The number of aliphatic carboxylic acids is 2. The van der Waals surface area contributed by atoms with Crippen LogP contribution in [0.25, 0.3) is 0 Å². The van der Waals surface area contributed by atoms with E-state index in [2.05, 4.69) is 10.6 Å². The topological polar surface area (TPSA) is 368 Å². The molecule has 8 unspecified atom stereocenters. The fraction of sp³-hybridized carbons (Fsp3) is 0.867. The van der Waals surface area contributed by atoms with Crippen LogP contribution in [0.4, 0.5) is 0 Å². The Morgan fingerprint density at radius 3 is 1.41 bits per heavy atom. The monoisotopic (exact) mass is 788 g/mol. The van der Waals surface area contributed by atoms with Gasteiger partial charge in [0.2, 0.25) is 11.8 Å². The predicted molar refractivity (Wildman–Crippen MR) is 166 cm³/mol. The lowest BCUT2D eigenvalue weighted by atomic mass is 9.92. The maximum atomic E-state index is 12.5. The summed E-state index contributed by atoms with van der Waals surface area (Å²) < 4.78 is 44.2. The number of amides is 2. The molecule has 4 rings (SSSR count). The van der Waals surface area contributed by atoms with E-state index < -0.39 is 159 Å². The second-order valence-corrected chi connectivity index (χ2v) is 13.2. The van der Waals surface area contributed by atoms with Crippen LogP contribution in [0.1, 0.15) is 20.8 Å². The number of carboxylic acids is 2. The number of carbonyl (C=O) groups excluding carboxylic acids is 2. The van der Waals surface area contributed by atoms with Gasteiger partial charge in [-0.25, -0.2) is 9.59 Å². The van der Waals surface area contributed by atoms with Crippen molar-refractivity contribution in [1.82, 2.24) is 10.6 Å². The second-order valence-electron chi connectivity index (χ2n) is 13.2. The zero-order chi connectivity index (χ0) is 40.3. The summed E-state index contributed by atoms with van der Waals surface area (Å²) in [7, 11) is 1.05. The summed E-state index contributed by atoms with van der Waals surface area (Å²) in [4.78, 5) is 48.7. The number of aliphatic hydroxyl groups excluding tert-OH is 8. The number of methoxy groups -OCH3 is 1. The number of rotatable bonds is 13. The van der Waals surface area contributed by atoms with Crippen LogP contribution in [0.3, 0.4) is 0 Å². The molecule has 24 nitrogen and oxygen atoms in total. The number of carboxylic acid groups (broad SMARTS) is 2. The van der Waals surface area contributed by atoms with Crippen LogP contribution in [-0.4, -0.2) is 218 Å². The van der Waals surface area contributed by atoms with Crippen LogP contribution in [0.2, 0.25) is 0 Å². The molecule has 54 heavy (non-hydrogen) atoms. The maximum Gasteiger partial charge on any atom is 0.335 e. The summed E-state index contributed by atoms with van der Waals surface area (Å²) >= 11 is 0. The third-order valence-electron chi connectivity index (χ3n) is 9.46. The molecule has 4 aliphatic rings. The molecule has 4 fully saturated rings. The van der Waals surface area contributed by atoms with E-state index in [1.54, 1.807) is 0 Å². The molecule has 0 aromatic heterocycles. The molecule has 0 radical (unpaired) electrons. The molecule has 2 amide bonds. The average molecular weight is 789 g/mol. The van der Waals surface area contributed by atoms with Gasteiger partial charge in [0.05, 0.1) is 25.4 Å². The van der Waals surface area contributed by atoms with Crippen molar-refractivity contribution in [1.29, 1.82) is 0 Å². The van der Waals surface area contributed by atoms with Crippen molar-refractivity contribution < 1.29 is 108 Å². The minimum absolute atomic E-state index is 0.586. The van der Waals surface area contributed by atoms with Crippen LogP contribution in [0.15, 0.2) is 0 Å². The first-order chi connectivity index (χ1) is 25.4. The Hall–Kier alpha value is -2.76. The highest BCUT2D eigenvalue weighted by Gasteiger charge is 2.57. The Kier molecular flexibility index (Phi) is 15.0. The van der Waals surface area contributed by atoms with Crippen molar-refractivity contribution in [2.75, 3.05) is 20.3 Å². The first-order valence-electron chi connectivity index (χ1n) is 16.8. The highest BCUT2D eigenvalue weighted by atomic mass is 16.8. The van der Waals surface area contributed by atoms with E-state index in [0.717, 1.165) is 21.0 Å². The average Bonchev–Trinajstić information content (AvgIpc) is 3.10. The number of aliphatic hydroxyl groups is 8. The Morgan fingerprint density at radius 2 is 0.963 bits per heavy atom. The molecule has 0 aliphatic carbocycles. The minimum Gasteiger partial charge on any atom is -0.479 e. The van der Waals surface area contributed by atoms with E-state index >= 15 is 0 Å². The van der Waals surface area contributed by atoms with Crippen LogP contribution >= 0.6 is 0 Å². The van der Waals surface area contributed by atoms with E-state index in [9.17, 15) is 70.2 Å². The van der Waals surface area contributed by atoms with Crippen molar-refractivity contribution in [3.05, 3.63) is 0 Å². The predicted octanol–water partition coefficient (Wildman–Crippen LogP) is -7.55. The van der Waals surface area contributed by atoms with Crippen LogP contribution < -0.4 is 10.6 Å². The zero-order valence-electron chi connectivity index (χ0n) is 29.3. The van der Waals surface area contributed by atoms with Crippen LogP contribution in [-0.2, 0) is 57.1 Å². The summed E-state index contributed by atoms with van der Waals surface area (Å²) in [6, 6.07) is -2.87. The first kappa shape index (κ1) is 44.0.